The lowest BCUT2D eigenvalue weighted by atomic mass is 9.85. The number of benzene rings is 1. The van der Waals surface area contributed by atoms with Gasteiger partial charge in [0.25, 0.3) is 0 Å². The average molecular weight is 378 g/mol. The first-order chi connectivity index (χ1) is 12.4. The van der Waals surface area contributed by atoms with Crippen molar-refractivity contribution in [2.45, 2.75) is 64.6 Å². The van der Waals surface area contributed by atoms with Gasteiger partial charge in [-0.05, 0) is 50.7 Å². The van der Waals surface area contributed by atoms with E-state index in [0.717, 1.165) is 50.7 Å². The molecule has 0 atom stereocenters. The van der Waals surface area contributed by atoms with Crippen molar-refractivity contribution < 1.29 is 31.8 Å². The van der Waals surface area contributed by atoms with Crippen molar-refractivity contribution in [3.05, 3.63) is 23.8 Å². The summed E-state index contributed by atoms with van der Waals surface area (Å²) < 4.78 is 70.0. The highest BCUT2D eigenvalue weighted by atomic mass is 19.3. The van der Waals surface area contributed by atoms with Crippen molar-refractivity contribution in [3.8, 4) is 11.5 Å². The lowest BCUT2D eigenvalue weighted by Gasteiger charge is -2.29. The van der Waals surface area contributed by atoms with Crippen LogP contribution in [-0.4, -0.2) is 25.4 Å². The summed E-state index contributed by atoms with van der Waals surface area (Å²) in [6, 6.07) is 1.98. The molecule has 1 aliphatic carbocycles. The summed E-state index contributed by atoms with van der Waals surface area (Å²) in [7, 11) is 0. The largest absolute Gasteiger partial charge is 0.491 e. The molecule has 0 amide bonds. The minimum Gasteiger partial charge on any atom is -0.491 e. The van der Waals surface area contributed by atoms with Crippen molar-refractivity contribution in [2.75, 3.05) is 13.2 Å². The molecule has 1 aromatic rings. The van der Waals surface area contributed by atoms with Crippen LogP contribution in [0.25, 0.3) is 0 Å². The maximum atomic E-state index is 14.0. The van der Waals surface area contributed by atoms with E-state index in [9.17, 15) is 17.6 Å². The minimum absolute atomic E-state index is 0.126. The first kappa shape index (κ1) is 20.8. The standard InChI is InChI=1S/C19H26F4O3/c1-3-5-13-6-8-14(9-7-13)25-12-19(22,23)26-16-11-10-15(24-4-2)17(20)18(16)21/h10-11,13-14H,3-9,12H2,1-2H3. The zero-order chi connectivity index (χ0) is 19.2. The number of rotatable bonds is 9. The first-order valence-corrected chi connectivity index (χ1v) is 9.15. The van der Waals surface area contributed by atoms with Crippen LogP contribution in [0.15, 0.2) is 12.1 Å². The van der Waals surface area contributed by atoms with E-state index in [1.54, 1.807) is 6.92 Å². The van der Waals surface area contributed by atoms with Crippen molar-refractivity contribution in [2.24, 2.45) is 5.92 Å². The molecule has 148 valence electrons. The summed E-state index contributed by atoms with van der Waals surface area (Å²) in [6.45, 7) is 2.86. The molecular formula is C19H26F4O3. The van der Waals surface area contributed by atoms with E-state index in [-0.39, 0.29) is 18.5 Å². The molecule has 0 radical (unpaired) electrons. The molecule has 0 heterocycles. The maximum Gasteiger partial charge on any atom is 0.422 e. The molecule has 1 aliphatic rings. The van der Waals surface area contributed by atoms with Crippen molar-refractivity contribution >= 4 is 0 Å². The average Bonchev–Trinajstić information content (AvgIpc) is 2.61. The normalized spacial score (nSPS) is 20.8. The summed E-state index contributed by atoms with van der Waals surface area (Å²) in [5, 5.41) is 0. The van der Waals surface area contributed by atoms with Crippen molar-refractivity contribution in [3.63, 3.8) is 0 Å². The molecule has 1 aromatic carbocycles. The second-order valence-corrected chi connectivity index (χ2v) is 6.60. The Bertz CT molecular complexity index is 572. The van der Waals surface area contributed by atoms with Gasteiger partial charge in [-0.1, -0.05) is 19.8 Å². The second kappa shape index (κ2) is 9.44. The fourth-order valence-electron chi connectivity index (χ4n) is 3.26. The first-order valence-electron chi connectivity index (χ1n) is 9.15. The fourth-order valence-corrected chi connectivity index (χ4v) is 3.26. The number of hydrogen-bond donors (Lipinski definition) is 0. The molecular weight excluding hydrogens is 352 g/mol. The van der Waals surface area contributed by atoms with Gasteiger partial charge in [-0.3, -0.25) is 0 Å². The molecule has 0 aliphatic heterocycles. The van der Waals surface area contributed by atoms with Gasteiger partial charge in [-0.2, -0.15) is 17.6 Å². The summed E-state index contributed by atoms with van der Waals surface area (Å²) in [5.74, 6) is -3.43. The van der Waals surface area contributed by atoms with Crippen LogP contribution in [0.5, 0.6) is 11.5 Å². The lowest BCUT2D eigenvalue weighted by Crippen LogP contribution is -2.34. The molecule has 0 aromatic heterocycles. The molecule has 7 heteroatoms. The third-order valence-corrected chi connectivity index (χ3v) is 4.55. The van der Waals surface area contributed by atoms with Gasteiger partial charge in [0.05, 0.1) is 12.7 Å². The van der Waals surface area contributed by atoms with Crippen molar-refractivity contribution in [1.29, 1.82) is 0 Å². The van der Waals surface area contributed by atoms with E-state index in [1.165, 1.54) is 0 Å². The monoisotopic (exact) mass is 378 g/mol. The van der Waals surface area contributed by atoms with Crippen LogP contribution in [0.3, 0.4) is 0 Å². The topological polar surface area (TPSA) is 27.7 Å². The zero-order valence-corrected chi connectivity index (χ0v) is 15.2. The fraction of sp³-hybridized carbons (Fsp3) is 0.684. The SMILES string of the molecule is CCCC1CCC(OCC(F)(F)Oc2ccc(OCC)c(F)c2F)CC1. The molecule has 1 fully saturated rings. The third-order valence-electron chi connectivity index (χ3n) is 4.55. The molecule has 26 heavy (non-hydrogen) atoms. The maximum absolute atomic E-state index is 14.0. The Morgan fingerprint density at radius 1 is 1.00 bits per heavy atom. The van der Waals surface area contributed by atoms with Gasteiger partial charge >= 0.3 is 6.11 Å². The molecule has 0 spiro atoms. The molecule has 1 saturated carbocycles. The van der Waals surface area contributed by atoms with E-state index < -0.39 is 30.1 Å². The van der Waals surface area contributed by atoms with E-state index in [2.05, 4.69) is 11.7 Å². The van der Waals surface area contributed by atoms with E-state index in [4.69, 9.17) is 9.47 Å². The van der Waals surface area contributed by atoms with Crippen LogP contribution < -0.4 is 9.47 Å². The highest BCUT2D eigenvalue weighted by Crippen LogP contribution is 2.33. The molecule has 0 saturated heterocycles. The Morgan fingerprint density at radius 3 is 2.23 bits per heavy atom. The smallest absolute Gasteiger partial charge is 0.422 e. The van der Waals surface area contributed by atoms with Crippen molar-refractivity contribution in [1.82, 2.24) is 0 Å². The van der Waals surface area contributed by atoms with Gasteiger partial charge in [0.15, 0.2) is 18.1 Å². The number of alkyl halides is 2. The lowest BCUT2D eigenvalue weighted by molar-refractivity contribution is -0.223. The Labute approximate surface area is 151 Å². The van der Waals surface area contributed by atoms with Crippen LogP contribution in [0.4, 0.5) is 17.6 Å². The quantitative estimate of drug-likeness (QED) is 0.515. The van der Waals surface area contributed by atoms with Gasteiger partial charge in [0.1, 0.15) is 0 Å². The van der Waals surface area contributed by atoms with Gasteiger partial charge in [-0.25, -0.2) is 0 Å². The van der Waals surface area contributed by atoms with Crippen LogP contribution in [0.2, 0.25) is 0 Å². The predicted octanol–water partition coefficient (Wildman–Crippen LogP) is 5.71. The molecule has 0 N–H and O–H groups in total. The zero-order valence-electron chi connectivity index (χ0n) is 15.2. The number of halogens is 4. The Morgan fingerprint density at radius 2 is 1.62 bits per heavy atom. The van der Waals surface area contributed by atoms with Crippen LogP contribution in [-0.2, 0) is 4.74 Å². The van der Waals surface area contributed by atoms with E-state index in [0.29, 0.717) is 5.92 Å². The van der Waals surface area contributed by atoms with Gasteiger partial charge < -0.3 is 14.2 Å². The number of hydrogen-bond acceptors (Lipinski definition) is 3. The second-order valence-electron chi connectivity index (χ2n) is 6.60. The summed E-state index contributed by atoms with van der Waals surface area (Å²) >= 11 is 0. The highest BCUT2D eigenvalue weighted by Gasteiger charge is 2.36. The summed E-state index contributed by atoms with van der Waals surface area (Å²) in [6.07, 6.45) is 1.65. The van der Waals surface area contributed by atoms with Gasteiger partial charge in [0, 0.05) is 0 Å². The molecule has 3 nitrogen and oxygen atoms in total. The molecule has 0 unspecified atom stereocenters. The van der Waals surface area contributed by atoms with Crippen LogP contribution in [0.1, 0.15) is 52.4 Å². The van der Waals surface area contributed by atoms with E-state index in [1.807, 2.05) is 0 Å². The Balaban J connectivity index is 1.88. The minimum atomic E-state index is -3.75. The third kappa shape index (κ3) is 5.76. The Hall–Kier alpha value is -1.50. The molecule has 2 rings (SSSR count). The van der Waals surface area contributed by atoms with E-state index >= 15 is 0 Å². The Kier molecular flexibility index (Phi) is 7.55. The summed E-state index contributed by atoms with van der Waals surface area (Å²) in [5.41, 5.74) is 0. The predicted molar refractivity (Wildman–Crippen MR) is 89.7 cm³/mol. The van der Waals surface area contributed by atoms with Gasteiger partial charge in [-0.15, -0.1) is 0 Å². The number of ether oxygens (including phenoxy) is 3. The summed E-state index contributed by atoms with van der Waals surface area (Å²) in [4.78, 5) is 0. The highest BCUT2D eigenvalue weighted by molar-refractivity contribution is 5.35. The van der Waals surface area contributed by atoms with Crippen LogP contribution in [0, 0.1) is 17.6 Å². The molecule has 0 bridgehead atoms. The van der Waals surface area contributed by atoms with Gasteiger partial charge in [0.2, 0.25) is 11.6 Å². The van der Waals surface area contributed by atoms with Crippen LogP contribution >= 0.6 is 0 Å².